The molecule has 0 aliphatic heterocycles. The number of carbonyl (C=O) groups is 1. The lowest BCUT2D eigenvalue weighted by atomic mass is 10.2. The first-order valence-corrected chi connectivity index (χ1v) is 3.72. The van der Waals surface area contributed by atoms with Crippen molar-refractivity contribution in [2.45, 2.75) is 39.1 Å². The molecule has 0 fully saturated rings. The van der Waals surface area contributed by atoms with Crippen molar-refractivity contribution in [1.82, 2.24) is 0 Å². The quantitative estimate of drug-likeness (QED) is 0.348. The van der Waals surface area contributed by atoms with Gasteiger partial charge in [0.2, 0.25) is 0 Å². The minimum absolute atomic E-state index is 0.255. The fraction of sp³-hybridized carbons (Fsp3) is 0.857. The van der Waals surface area contributed by atoms with Crippen LogP contribution >= 0.6 is 0 Å². The molecule has 66 valence electrons. The smallest absolute Gasteiger partial charge is 0.313 e. The van der Waals surface area contributed by atoms with E-state index in [9.17, 15) is 4.79 Å². The highest BCUT2D eigenvalue weighted by atomic mass is 16.7. The van der Waals surface area contributed by atoms with Gasteiger partial charge in [0, 0.05) is 6.42 Å². The maximum Gasteiger partial charge on any atom is 0.313 e. The molecule has 4 nitrogen and oxygen atoms in total. The van der Waals surface area contributed by atoms with Crippen molar-refractivity contribution >= 4 is 5.97 Å². The van der Waals surface area contributed by atoms with Crippen molar-refractivity contribution in [2.75, 3.05) is 0 Å². The predicted molar refractivity (Wildman–Crippen MR) is 38.5 cm³/mol. The SMILES string of the molecule is CCCCCC(=O)OC(O)O. The number of hydrogen-bond donors (Lipinski definition) is 2. The molecule has 0 aliphatic rings. The second-order valence-corrected chi connectivity index (χ2v) is 2.27. The molecular weight excluding hydrogens is 148 g/mol. The Labute approximate surface area is 65.8 Å². The van der Waals surface area contributed by atoms with Gasteiger partial charge in [-0.25, -0.2) is 0 Å². The summed E-state index contributed by atoms with van der Waals surface area (Å²) in [6.07, 6.45) is 2.97. The maximum atomic E-state index is 10.6. The Bertz CT molecular complexity index is 111. The van der Waals surface area contributed by atoms with Gasteiger partial charge >= 0.3 is 12.4 Å². The molecule has 0 amide bonds. The third-order valence-electron chi connectivity index (χ3n) is 1.22. The highest BCUT2D eigenvalue weighted by Crippen LogP contribution is 2.00. The molecule has 0 saturated carbocycles. The van der Waals surface area contributed by atoms with Crippen LogP contribution in [0.1, 0.15) is 32.6 Å². The molecule has 0 atom stereocenters. The topological polar surface area (TPSA) is 66.8 Å². The zero-order chi connectivity index (χ0) is 8.69. The van der Waals surface area contributed by atoms with Crippen LogP contribution in [-0.4, -0.2) is 22.7 Å². The van der Waals surface area contributed by atoms with Crippen molar-refractivity contribution in [1.29, 1.82) is 0 Å². The van der Waals surface area contributed by atoms with E-state index in [1.165, 1.54) is 0 Å². The standard InChI is InChI=1S/C7H14O4/c1-2-3-4-5-6(8)11-7(9)10/h7,9-10H,2-5H2,1H3. The Morgan fingerprint density at radius 2 is 2.09 bits per heavy atom. The number of aliphatic hydroxyl groups is 2. The number of unbranched alkanes of at least 4 members (excludes halogenated alkanes) is 2. The first kappa shape index (κ1) is 10.4. The Balaban J connectivity index is 3.23. The molecule has 0 aromatic carbocycles. The Hall–Kier alpha value is -0.610. The lowest BCUT2D eigenvalue weighted by Gasteiger charge is -2.04. The van der Waals surface area contributed by atoms with E-state index in [1.54, 1.807) is 0 Å². The zero-order valence-electron chi connectivity index (χ0n) is 6.62. The first-order valence-electron chi connectivity index (χ1n) is 3.72. The van der Waals surface area contributed by atoms with Gasteiger partial charge in [-0.05, 0) is 6.42 Å². The molecule has 2 N–H and O–H groups in total. The Kier molecular flexibility index (Phi) is 5.78. The van der Waals surface area contributed by atoms with Crippen LogP contribution in [0.15, 0.2) is 0 Å². The molecule has 0 aliphatic carbocycles. The molecule has 0 rings (SSSR count). The average molecular weight is 162 g/mol. The molecule has 0 saturated heterocycles. The summed E-state index contributed by atoms with van der Waals surface area (Å²) in [5.41, 5.74) is 0. The van der Waals surface area contributed by atoms with Gasteiger partial charge in [-0.2, -0.15) is 0 Å². The van der Waals surface area contributed by atoms with Crippen LogP contribution < -0.4 is 0 Å². The number of rotatable bonds is 5. The van der Waals surface area contributed by atoms with Gasteiger partial charge in [0.1, 0.15) is 0 Å². The third kappa shape index (κ3) is 7.29. The van der Waals surface area contributed by atoms with E-state index in [-0.39, 0.29) is 6.42 Å². The Morgan fingerprint density at radius 1 is 1.45 bits per heavy atom. The van der Waals surface area contributed by atoms with Gasteiger partial charge in [-0.15, -0.1) is 0 Å². The summed E-state index contributed by atoms with van der Waals surface area (Å²) in [5.74, 6) is -0.562. The van der Waals surface area contributed by atoms with E-state index >= 15 is 0 Å². The molecule has 0 bridgehead atoms. The Morgan fingerprint density at radius 3 is 2.55 bits per heavy atom. The van der Waals surface area contributed by atoms with Crippen molar-refractivity contribution in [3.05, 3.63) is 0 Å². The normalized spacial score (nSPS) is 10.2. The van der Waals surface area contributed by atoms with Gasteiger partial charge < -0.3 is 14.9 Å². The first-order chi connectivity index (χ1) is 5.16. The fourth-order valence-corrected chi connectivity index (χ4v) is 0.696. The zero-order valence-corrected chi connectivity index (χ0v) is 6.62. The number of esters is 1. The summed E-state index contributed by atoms with van der Waals surface area (Å²) < 4.78 is 4.07. The summed E-state index contributed by atoms with van der Waals surface area (Å²) in [4.78, 5) is 10.6. The molecule has 0 radical (unpaired) electrons. The molecule has 11 heavy (non-hydrogen) atoms. The molecule has 0 unspecified atom stereocenters. The summed E-state index contributed by atoms with van der Waals surface area (Å²) >= 11 is 0. The van der Waals surface area contributed by atoms with Gasteiger partial charge in [0.25, 0.3) is 0 Å². The van der Waals surface area contributed by atoms with Crippen LogP contribution in [-0.2, 0) is 9.53 Å². The largest absolute Gasteiger partial charge is 0.411 e. The number of ether oxygens (including phenoxy) is 1. The van der Waals surface area contributed by atoms with Crippen LogP contribution in [0.5, 0.6) is 0 Å². The molecule has 0 spiro atoms. The summed E-state index contributed by atoms with van der Waals surface area (Å²) in [5, 5.41) is 16.4. The number of hydrogen-bond acceptors (Lipinski definition) is 4. The van der Waals surface area contributed by atoms with Crippen molar-refractivity contribution < 1.29 is 19.7 Å². The van der Waals surface area contributed by atoms with E-state index in [4.69, 9.17) is 10.2 Å². The van der Waals surface area contributed by atoms with Gasteiger partial charge in [0.15, 0.2) is 0 Å². The molecule has 0 heterocycles. The fourth-order valence-electron chi connectivity index (χ4n) is 0.696. The van der Waals surface area contributed by atoms with E-state index in [0.717, 1.165) is 19.3 Å². The summed E-state index contributed by atoms with van der Waals surface area (Å²) in [7, 11) is 0. The molecule has 4 heteroatoms. The molecular formula is C7H14O4. The minimum atomic E-state index is -1.97. The van der Waals surface area contributed by atoms with Crippen LogP contribution in [0.3, 0.4) is 0 Å². The highest BCUT2D eigenvalue weighted by molar-refractivity contribution is 5.69. The van der Waals surface area contributed by atoms with Crippen LogP contribution in [0.2, 0.25) is 0 Å². The van der Waals surface area contributed by atoms with Crippen LogP contribution in [0.4, 0.5) is 0 Å². The van der Waals surface area contributed by atoms with Gasteiger partial charge in [-0.1, -0.05) is 19.8 Å². The number of aliphatic hydroxyl groups excluding tert-OH is 1. The molecule has 0 aromatic rings. The third-order valence-corrected chi connectivity index (χ3v) is 1.22. The van der Waals surface area contributed by atoms with Gasteiger partial charge in [0.05, 0.1) is 0 Å². The number of carbonyl (C=O) groups excluding carboxylic acids is 1. The van der Waals surface area contributed by atoms with Crippen molar-refractivity contribution in [3.8, 4) is 0 Å². The van der Waals surface area contributed by atoms with Crippen molar-refractivity contribution in [3.63, 3.8) is 0 Å². The van der Waals surface area contributed by atoms with Crippen LogP contribution in [0, 0.1) is 0 Å². The van der Waals surface area contributed by atoms with Crippen LogP contribution in [0.25, 0.3) is 0 Å². The summed E-state index contributed by atoms with van der Waals surface area (Å²) in [6.45, 7) is 0.0517. The predicted octanol–water partition coefficient (Wildman–Crippen LogP) is 0.378. The lowest BCUT2D eigenvalue weighted by Crippen LogP contribution is -2.16. The highest BCUT2D eigenvalue weighted by Gasteiger charge is 2.05. The average Bonchev–Trinajstić information content (AvgIpc) is 1.86. The van der Waals surface area contributed by atoms with E-state index in [2.05, 4.69) is 4.74 Å². The van der Waals surface area contributed by atoms with E-state index in [0.29, 0.717) is 0 Å². The summed E-state index contributed by atoms with van der Waals surface area (Å²) in [6, 6.07) is 0. The second-order valence-electron chi connectivity index (χ2n) is 2.27. The maximum absolute atomic E-state index is 10.6. The van der Waals surface area contributed by atoms with E-state index < -0.39 is 12.4 Å². The van der Waals surface area contributed by atoms with Crippen molar-refractivity contribution in [2.24, 2.45) is 0 Å². The molecule has 0 aromatic heterocycles. The lowest BCUT2D eigenvalue weighted by molar-refractivity contribution is -0.229. The second kappa shape index (κ2) is 6.12. The van der Waals surface area contributed by atoms with Gasteiger partial charge in [-0.3, -0.25) is 4.79 Å². The van der Waals surface area contributed by atoms with E-state index in [1.807, 2.05) is 6.92 Å². The monoisotopic (exact) mass is 162 g/mol. The minimum Gasteiger partial charge on any atom is -0.411 e.